The lowest BCUT2D eigenvalue weighted by Gasteiger charge is -2.29. The molecule has 1 atom stereocenters. The van der Waals surface area contributed by atoms with Crippen molar-refractivity contribution in [1.29, 1.82) is 0 Å². The molecule has 1 aromatic rings. The number of rotatable bonds is 1. The van der Waals surface area contributed by atoms with Crippen LogP contribution in [0, 0.1) is 0 Å². The molecule has 0 aliphatic heterocycles. The summed E-state index contributed by atoms with van der Waals surface area (Å²) < 4.78 is 26.6. The summed E-state index contributed by atoms with van der Waals surface area (Å²) in [6.45, 7) is 1.79. The lowest BCUT2D eigenvalue weighted by Crippen LogP contribution is -2.24. The van der Waals surface area contributed by atoms with E-state index in [0.717, 1.165) is 11.6 Å². The van der Waals surface area contributed by atoms with Crippen LogP contribution in [0.3, 0.4) is 0 Å². The van der Waals surface area contributed by atoms with Crippen molar-refractivity contribution < 1.29 is 8.78 Å². The first-order chi connectivity index (χ1) is 7.13. The smallest absolute Gasteiger partial charge is 0.121 e. The molecule has 0 amide bonds. The van der Waals surface area contributed by atoms with Gasteiger partial charge < -0.3 is 0 Å². The lowest BCUT2D eigenvalue weighted by molar-refractivity contribution is 0.413. The van der Waals surface area contributed by atoms with Crippen molar-refractivity contribution in [3.8, 4) is 0 Å². The summed E-state index contributed by atoms with van der Waals surface area (Å²) in [6, 6.07) is 9.34. The van der Waals surface area contributed by atoms with Gasteiger partial charge in [-0.25, -0.2) is 8.78 Å². The van der Waals surface area contributed by atoms with Gasteiger partial charge in [-0.05, 0) is 25.0 Å². The molecule has 2 heteroatoms. The van der Waals surface area contributed by atoms with E-state index >= 15 is 0 Å². The Hall–Kier alpha value is -1.44. The van der Waals surface area contributed by atoms with Crippen molar-refractivity contribution in [2.75, 3.05) is 0 Å². The standard InChI is InChI=1S/C13H12F2/c1-13(10-5-3-2-4-6-10)8-7-11(14)9-12(13)15/h2-7,9H,8H2,1H3. The number of hydrogen-bond acceptors (Lipinski definition) is 0. The molecule has 2 rings (SSSR count). The summed E-state index contributed by atoms with van der Waals surface area (Å²) in [5.74, 6) is -0.894. The quantitative estimate of drug-likeness (QED) is 0.650. The van der Waals surface area contributed by atoms with Gasteiger partial charge in [0.2, 0.25) is 0 Å². The van der Waals surface area contributed by atoms with E-state index in [1.54, 1.807) is 6.92 Å². The Morgan fingerprint density at radius 2 is 1.80 bits per heavy atom. The van der Waals surface area contributed by atoms with Crippen LogP contribution in [0.15, 0.2) is 54.1 Å². The molecule has 0 saturated heterocycles. The third-order valence-electron chi connectivity index (χ3n) is 2.91. The SMILES string of the molecule is CC1(c2ccccc2)CC=C(F)C=C1F. The molecule has 15 heavy (non-hydrogen) atoms. The summed E-state index contributed by atoms with van der Waals surface area (Å²) >= 11 is 0. The van der Waals surface area contributed by atoms with E-state index < -0.39 is 17.1 Å². The maximum atomic E-state index is 13.7. The zero-order chi connectivity index (χ0) is 10.9. The highest BCUT2D eigenvalue weighted by Crippen LogP contribution is 2.40. The average molecular weight is 206 g/mol. The Morgan fingerprint density at radius 1 is 1.13 bits per heavy atom. The molecule has 0 fully saturated rings. The minimum Gasteiger partial charge on any atom is -0.211 e. The first-order valence-corrected chi connectivity index (χ1v) is 4.92. The molecule has 0 spiro atoms. The van der Waals surface area contributed by atoms with E-state index in [2.05, 4.69) is 0 Å². The molecular weight excluding hydrogens is 194 g/mol. The van der Waals surface area contributed by atoms with Gasteiger partial charge in [-0.2, -0.15) is 0 Å². The largest absolute Gasteiger partial charge is 0.211 e. The van der Waals surface area contributed by atoms with Crippen molar-refractivity contribution in [2.24, 2.45) is 0 Å². The fourth-order valence-corrected chi connectivity index (χ4v) is 1.80. The fourth-order valence-electron chi connectivity index (χ4n) is 1.80. The summed E-state index contributed by atoms with van der Waals surface area (Å²) in [7, 11) is 0. The molecule has 0 aromatic heterocycles. The van der Waals surface area contributed by atoms with Gasteiger partial charge in [-0.15, -0.1) is 0 Å². The zero-order valence-electron chi connectivity index (χ0n) is 8.50. The Bertz CT molecular complexity index is 417. The molecule has 0 saturated carbocycles. The first kappa shape index (κ1) is 10.1. The van der Waals surface area contributed by atoms with E-state index in [4.69, 9.17) is 0 Å². The van der Waals surface area contributed by atoms with Gasteiger partial charge in [-0.1, -0.05) is 30.3 Å². The molecule has 0 heterocycles. The van der Waals surface area contributed by atoms with Crippen LogP contribution in [0.25, 0.3) is 0 Å². The molecule has 1 aliphatic carbocycles. The van der Waals surface area contributed by atoms with Crippen molar-refractivity contribution in [2.45, 2.75) is 18.8 Å². The molecule has 1 aromatic carbocycles. The Labute approximate surface area is 87.9 Å². The Balaban J connectivity index is 2.42. The Kier molecular flexibility index (Phi) is 2.43. The maximum Gasteiger partial charge on any atom is 0.121 e. The lowest BCUT2D eigenvalue weighted by atomic mass is 9.76. The second-order valence-corrected chi connectivity index (χ2v) is 3.98. The monoisotopic (exact) mass is 206 g/mol. The summed E-state index contributed by atoms with van der Waals surface area (Å²) in [5.41, 5.74) is 0.166. The van der Waals surface area contributed by atoms with Crippen molar-refractivity contribution in [3.63, 3.8) is 0 Å². The van der Waals surface area contributed by atoms with Crippen LogP contribution in [0.4, 0.5) is 8.78 Å². The molecule has 1 unspecified atom stereocenters. The maximum absolute atomic E-state index is 13.7. The minimum absolute atomic E-state index is 0.366. The molecule has 0 radical (unpaired) electrons. The second kappa shape index (κ2) is 3.61. The molecular formula is C13H12F2. The highest BCUT2D eigenvalue weighted by Gasteiger charge is 2.33. The number of halogens is 2. The van der Waals surface area contributed by atoms with E-state index in [1.807, 2.05) is 30.3 Å². The zero-order valence-corrected chi connectivity index (χ0v) is 8.50. The van der Waals surface area contributed by atoms with Gasteiger partial charge >= 0.3 is 0 Å². The highest BCUT2D eigenvalue weighted by atomic mass is 19.1. The highest BCUT2D eigenvalue weighted by molar-refractivity contribution is 5.39. The van der Waals surface area contributed by atoms with Gasteiger partial charge in [0.25, 0.3) is 0 Å². The molecule has 1 aliphatic rings. The minimum atomic E-state index is -0.711. The van der Waals surface area contributed by atoms with Crippen molar-refractivity contribution >= 4 is 0 Å². The predicted octanol–water partition coefficient (Wildman–Crippen LogP) is 4.05. The number of hydrogen-bond donors (Lipinski definition) is 0. The van der Waals surface area contributed by atoms with Crippen LogP contribution >= 0.6 is 0 Å². The van der Waals surface area contributed by atoms with E-state index in [9.17, 15) is 8.78 Å². The van der Waals surface area contributed by atoms with Crippen LogP contribution in [0.2, 0.25) is 0 Å². The summed E-state index contributed by atoms with van der Waals surface area (Å²) in [5, 5.41) is 0. The van der Waals surface area contributed by atoms with Gasteiger partial charge in [0.15, 0.2) is 0 Å². The average Bonchev–Trinajstić information content (AvgIpc) is 2.25. The molecule has 78 valence electrons. The Morgan fingerprint density at radius 3 is 2.40 bits per heavy atom. The number of benzene rings is 1. The second-order valence-electron chi connectivity index (χ2n) is 3.98. The molecule has 0 nitrogen and oxygen atoms in total. The van der Waals surface area contributed by atoms with Gasteiger partial charge in [0.1, 0.15) is 11.7 Å². The first-order valence-electron chi connectivity index (χ1n) is 4.92. The fraction of sp³-hybridized carbons (Fsp3) is 0.231. The van der Waals surface area contributed by atoms with Crippen LogP contribution in [-0.4, -0.2) is 0 Å². The van der Waals surface area contributed by atoms with Crippen LogP contribution in [0.5, 0.6) is 0 Å². The topological polar surface area (TPSA) is 0 Å². The summed E-state index contributed by atoms with van der Waals surface area (Å²) in [6.07, 6.45) is 2.76. The molecule has 0 N–H and O–H groups in total. The van der Waals surface area contributed by atoms with Gasteiger partial charge in [-0.3, -0.25) is 0 Å². The normalized spacial score (nSPS) is 25.8. The van der Waals surface area contributed by atoms with Gasteiger partial charge in [0, 0.05) is 11.5 Å². The van der Waals surface area contributed by atoms with E-state index in [0.29, 0.717) is 6.42 Å². The van der Waals surface area contributed by atoms with Crippen molar-refractivity contribution in [1.82, 2.24) is 0 Å². The predicted molar refractivity (Wildman–Crippen MR) is 56.8 cm³/mol. The van der Waals surface area contributed by atoms with E-state index in [1.165, 1.54) is 6.08 Å². The third kappa shape index (κ3) is 1.72. The van der Waals surface area contributed by atoms with E-state index in [-0.39, 0.29) is 0 Å². The van der Waals surface area contributed by atoms with Crippen LogP contribution in [-0.2, 0) is 5.41 Å². The van der Waals surface area contributed by atoms with Crippen molar-refractivity contribution in [3.05, 3.63) is 59.7 Å². The molecule has 0 bridgehead atoms. The van der Waals surface area contributed by atoms with Crippen LogP contribution in [0.1, 0.15) is 18.9 Å². The van der Waals surface area contributed by atoms with Crippen LogP contribution < -0.4 is 0 Å². The third-order valence-corrected chi connectivity index (χ3v) is 2.91. The summed E-state index contributed by atoms with van der Waals surface area (Å²) in [4.78, 5) is 0. The van der Waals surface area contributed by atoms with Gasteiger partial charge in [0.05, 0.1) is 0 Å². The number of allylic oxidation sites excluding steroid dienone is 4.